The van der Waals surface area contributed by atoms with Crippen molar-refractivity contribution in [2.45, 2.75) is 44.2 Å². The van der Waals surface area contributed by atoms with Crippen LogP contribution in [0, 0.1) is 5.92 Å². The molecule has 0 atom stereocenters. The number of rotatable bonds is 5. The van der Waals surface area contributed by atoms with Gasteiger partial charge in [-0.15, -0.1) is 0 Å². The van der Waals surface area contributed by atoms with E-state index in [0.717, 1.165) is 38.9 Å². The molecule has 5 heteroatoms. The van der Waals surface area contributed by atoms with Gasteiger partial charge >= 0.3 is 5.97 Å². The van der Waals surface area contributed by atoms with Crippen molar-refractivity contribution in [3.8, 4) is 0 Å². The van der Waals surface area contributed by atoms with E-state index >= 15 is 0 Å². The summed E-state index contributed by atoms with van der Waals surface area (Å²) in [7, 11) is 0. The summed E-state index contributed by atoms with van der Waals surface area (Å²) in [4.78, 5) is 26.1. The summed E-state index contributed by atoms with van der Waals surface area (Å²) in [6.07, 6.45) is 3.59. The van der Waals surface area contributed by atoms with Crippen molar-refractivity contribution in [1.29, 1.82) is 0 Å². The smallest absolute Gasteiger partial charge is 0.329 e. The predicted molar refractivity (Wildman–Crippen MR) is 86.8 cm³/mol. The van der Waals surface area contributed by atoms with Crippen LogP contribution in [0.5, 0.6) is 0 Å². The highest BCUT2D eigenvalue weighted by atomic mass is 16.4. The van der Waals surface area contributed by atoms with Crippen molar-refractivity contribution < 1.29 is 14.7 Å². The molecule has 1 aromatic rings. The van der Waals surface area contributed by atoms with Gasteiger partial charge in [0.15, 0.2) is 0 Å². The SMILES string of the molecule is O=C(NC1(C(=O)O)CCC1)C1CCN(Cc2ccccc2)CC1. The molecule has 1 aliphatic heterocycles. The minimum atomic E-state index is -0.988. The molecule has 0 unspecified atom stereocenters. The van der Waals surface area contributed by atoms with Gasteiger partial charge in [-0.05, 0) is 50.8 Å². The Balaban J connectivity index is 1.49. The van der Waals surface area contributed by atoms with Crippen LogP contribution < -0.4 is 5.32 Å². The number of hydrogen-bond acceptors (Lipinski definition) is 3. The maximum absolute atomic E-state index is 12.4. The van der Waals surface area contributed by atoms with E-state index in [1.807, 2.05) is 18.2 Å². The molecule has 0 radical (unpaired) electrons. The zero-order chi connectivity index (χ0) is 16.3. The maximum atomic E-state index is 12.4. The van der Waals surface area contributed by atoms with E-state index < -0.39 is 11.5 Å². The first-order valence-corrected chi connectivity index (χ1v) is 8.41. The number of carbonyl (C=O) groups excluding carboxylic acids is 1. The first-order chi connectivity index (χ1) is 11.1. The summed E-state index contributed by atoms with van der Waals surface area (Å²) in [5, 5.41) is 12.1. The summed E-state index contributed by atoms with van der Waals surface area (Å²) in [6, 6.07) is 10.3. The highest BCUT2D eigenvalue weighted by molar-refractivity contribution is 5.88. The van der Waals surface area contributed by atoms with Gasteiger partial charge < -0.3 is 10.4 Å². The van der Waals surface area contributed by atoms with Gasteiger partial charge in [0.25, 0.3) is 0 Å². The molecule has 1 heterocycles. The average molecular weight is 316 g/mol. The summed E-state index contributed by atoms with van der Waals surface area (Å²) < 4.78 is 0. The van der Waals surface area contributed by atoms with Crippen molar-refractivity contribution >= 4 is 11.9 Å². The van der Waals surface area contributed by atoms with E-state index in [0.29, 0.717) is 12.8 Å². The number of aliphatic carboxylic acids is 1. The van der Waals surface area contributed by atoms with Gasteiger partial charge in [0.2, 0.25) is 5.91 Å². The first-order valence-electron chi connectivity index (χ1n) is 8.41. The Kier molecular flexibility index (Phi) is 4.66. The van der Waals surface area contributed by atoms with Gasteiger partial charge in [-0.25, -0.2) is 4.79 Å². The molecule has 5 nitrogen and oxygen atoms in total. The Morgan fingerprint density at radius 1 is 1.17 bits per heavy atom. The fraction of sp³-hybridized carbons (Fsp3) is 0.556. The van der Waals surface area contributed by atoms with Gasteiger partial charge in [0.1, 0.15) is 5.54 Å². The van der Waals surface area contributed by atoms with Gasteiger partial charge in [0, 0.05) is 12.5 Å². The third kappa shape index (κ3) is 3.55. The Morgan fingerprint density at radius 2 is 1.83 bits per heavy atom. The van der Waals surface area contributed by atoms with E-state index in [9.17, 15) is 14.7 Å². The van der Waals surface area contributed by atoms with E-state index in [4.69, 9.17) is 0 Å². The third-order valence-corrected chi connectivity index (χ3v) is 5.19. The van der Waals surface area contributed by atoms with E-state index in [1.165, 1.54) is 5.56 Å². The van der Waals surface area contributed by atoms with Crippen LogP contribution in [-0.2, 0) is 16.1 Å². The number of likely N-dealkylation sites (tertiary alicyclic amines) is 1. The summed E-state index contributed by atoms with van der Waals surface area (Å²) >= 11 is 0. The molecule has 0 spiro atoms. The van der Waals surface area contributed by atoms with Crippen LogP contribution in [0.1, 0.15) is 37.7 Å². The number of carbonyl (C=O) groups is 2. The van der Waals surface area contributed by atoms with Crippen LogP contribution in [0.15, 0.2) is 30.3 Å². The second kappa shape index (κ2) is 6.71. The number of hydrogen-bond donors (Lipinski definition) is 2. The number of nitrogens with zero attached hydrogens (tertiary/aromatic N) is 1. The molecule has 1 aliphatic carbocycles. The average Bonchev–Trinajstić information content (AvgIpc) is 2.52. The lowest BCUT2D eigenvalue weighted by atomic mass is 9.76. The monoisotopic (exact) mass is 316 g/mol. The summed E-state index contributed by atoms with van der Waals surface area (Å²) in [6.45, 7) is 2.67. The van der Waals surface area contributed by atoms with E-state index in [-0.39, 0.29) is 11.8 Å². The molecule has 3 rings (SSSR count). The lowest BCUT2D eigenvalue weighted by Crippen LogP contribution is -2.60. The van der Waals surface area contributed by atoms with Gasteiger partial charge in [-0.1, -0.05) is 30.3 Å². The Labute approximate surface area is 136 Å². The van der Waals surface area contributed by atoms with Crippen molar-refractivity contribution in [2.24, 2.45) is 5.92 Å². The molecule has 1 saturated carbocycles. The van der Waals surface area contributed by atoms with E-state index in [2.05, 4.69) is 22.3 Å². The largest absolute Gasteiger partial charge is 0.480 e. The fourth-order valence-electron chi connectivity index (χ4n) is 3.46. The van der Waals surface area contributed by atoms with Crippen molar-refractivity contribution in [1.82, 2.24) is 10.2 Å². The zero-order valence-corrected chi connectivity index (χ0v) is 13.3. The normalized spacial score (nSPS) is 21.4. The molecular weight excluding hydrogens is 292 g/mol. The highest BCUT2D eigenvalue weighted by Crippen LogP contribution is 2.33. The van der Waals surface area contributed by atoms with Crippen molar-refractivity contribution in [3.63, 3.8) is 0 Å². The standard InChI is InChI=1S/C18H24N2O3/c21-16(19-18(17(22)23)9-4-10-18)15-7-11-20(12-8-15)13-14-5-2-1-3-6-14/h1-3,5-6,15H,4,7-13H2,(H,19,21)(H,22,23). The zero-order valence-electron chi connectivity index (χ0n) is 13.3. The molecule has 23 heavy (non-hydrogen) atoms. The number of carboxylic acid groups (broad SMARTS) is 1. The number of nitrogens with one attached hydrogen (secondary N) is 1. The van der Waals surface area contributed by atoms with Gasteiger partial charge in [-0.2, -0.15) is 0 Å². The molecule has 1 saturated heterocycles. The van der Waals surface area contributed by atoms with E-state index in [1.54, 1.807) is 0 Å². The number of piperidine rings is 1. The Morgan fingerprint density at radius 3 is 2.35 bits per heavy atom. The lowest BCUT2D eigenvalue weighted by molar-refractivity contribution is -0.152. The Bertz CT molecular complexity index is 561. The number of benzene rings is 1. The van der Waals surface area contributed by atoms with Crippen LogP contribution >= 0.6 is 0 Å². The maximum Gasteiger partial charge on any atom is 0.329 e. The van der Waals surface area contributed by atoms with Crippen LogP contribution in [0.2, 0.25) is 0 Å². The minimum absolute atomic E-state index is 0.0566. The minimum Gasteiger partial charge on any atom is -0.480 e. The van der Waals surface area contributed by atoms with Crippen LogP contribution in [0.3, 0.4) is 0 Å². The van der Waals surface area contributed by atoms with Crippen molar-refractivity contribution in [3.05, 3.63) is 35.9 Å². The predicted octanol–water partition coefficient (Wildman–Crippen LogP) is 2.02. The molecule has 0 aromatic heterocycles. The van der Waals surface area contributed by atoms with Crippen molar-refractivity contribution in [2.75, 3.05) is 13.1 Å². The van der Waals surface area contributed by atoms with Gasteiger partial charge in [-0.3, -0.25) is 9.69 Å². The molecule has 2 aliphatic rings. The highest BCUT2D eigenvalue weighted by Gasteiger charge is 2.46. The quantitative estimate of drug-likeness (QED) is 0.872. The summed E-state index contributed by atoms with van der Waals surface area (Å²) in [5.41, 5.74) is 0.299. The number of amides is 1. The third-order valence-electron chi connectivity index (χ3n) is 5.19. The molecule has 0 bridgehead atoms. The fourth-order valence-corrected chi connectivity index (χ4v) is 3.46. The Hall–Kier alpha value is -1.88. The summed E-state index contributed by atoms with van der Waals surface area (Å²) in [5.74, 6) is -1.02. The number of carboxylic acids is 1. The first kappa shape index (κ1) is 16.0. The molecule has 2 N–H and O–H groups in total. The van der Waals surface area contributed by atoms with Crippen LogP contribution in [-0.4, -0.2) is 40.5 Å². The molecular formula is C18H24N2O3. The van der Waals surface area contributed by atoms with Crippen LogP contribution in [0.4, 0.5) is 0 Å². The molecule has 1 aromatic carbocycles. The topological polar surface area (TPSA) is 69.6 Å². The van der Waals surface area contributed by atoms with Crippen LogP contribution in [0.25, 0.3) is 0 Å². The van der Waals surface area contributed by atoms with Gasteiger partial charge in [0.05, 0.1) is 0 Å². The second-order valence-electron chi connectivity index (χ2n) is 6.77. The molecule has 124 valence electrons. The molecule has 1 amide bonds. The molecule has 2 fully saturated rings. The lowest BCUT2D eigenvalue weighted by Gasteiger charge is -2.40. The second-order valence-corrected chi connectivity index (χ2v) is 6.77.